The lowest BCUT2D eigenvalue weighted by Gasteiger charge is -2.46. The Morgan fingerprint density at radius 3 is 2.56 bits per heavy atom. The summed E-state index contributed by atoms with van der Waals surface area (Å²) in [6.45, 7) is 9.51. The Labute approximate surface area is 189 Å². The fraction of sp³-hybridized carbons (Fsp3) is 0.462. The van der Waals surface area contributed by atoms with Gasteiger partial charge >= 0.3 is 0 Å². The molecule has 0 aliphatic carbocycles. The molecule has 0 bridgehead atoms. The standard InChI is InChI=1S/C26H33FO5/c1-16(2)8-6-9-17-12-13-20(15-21(17)18-10-7-11-19(27)14-18)31-25-23(29)22(28)24(30-5)26(3,4)32-25/h7,10-15,22-25,28-29H,1,6,8-9H2,2-5H3/t22-,23+,24+,25?/m0/s1. The van der Waals surface area contributed by atoms with E-state index < -0.39 is 30.2 Å². The minimum Gasteiger partial charge on any atom is -0.462 e. The van der Waals surface area contributed by atoms with E-state index in [9.17, 15) is 14.6 Å². The molecule has 4 atom stereocenters. The maximum absolute atomic E-state index is 13.9. The molecular formula is C26H33FO5. The van der Waals surface area contributed by atoms with Crippen LogP contribution in [0, 0.1) is 5.82 Å². The molecule has 1 unspecified atom stereocenters. The number of halogens is 1. The molecule has 1 fully saturated rings. The lowest BCUT2D eigenvalue weighted by Crippen LogP contribution is -2.63. The Kier molecular flexibility index (Phi) is 7.72. The fourth-order valence-electron chi connectivity index (χ4n) is 4.19. The number of hydrogen-bond donors (Lipinski definition) is 2. The largest absolute Gasteiger partial charge is 0.462 e. The van der Waals surface area contributed by atoms with Crippen molar-refractivity contribution >= 4 is 0 Å². The van der Waals surface area contributed by atoms with Gasteiger partial charge in [-0.3, -0.25) is 0 Å². The molecule has 2 aromatic carbocycles. The Balaban J connectivity index is 1.89. The minimum absolute atomic E-state index is 0.316. The predicted octanol–water partition coefficient (Wildman–Crippen LogP) is 4.64. The summed E-state index contributed by atoms with van der Waals surface area (Å²) in [5.41, 5.74) is 2.91. The van der Waals surface area contributed by atoms with Crippen LogP contribution in [0.3, 0.4) is 0 Å². The Morgan fingerprint density at radius 1 is 1.16 bits per heavy atom. The smallest absolute Gasteiger partial charge is 0.229 e. The first-order valence-corrected chi connectivity index (χ1v) is 10.9. The molecule has 32 heavy (non-hydrogen) atoms. The van der Waals surface area contributed by atoms with Gasteiger partial charge < -0.3 is 24.4 Å². The Hall–Kier alpha value is -2.25. The maximum Gasteiger partial charge on any atom is 0.229 e. The molecule has 174 valence electrons. The molecule has 3 rings (SSSR count). The summed E-state index contributed by atoms with van der Waals surface area (Å²) in [5.74, 6) is 0.138. The average molecular weight is 445 g/mol. The highest BCUT2D eigenvalue weighted by Gasteiger charge is 2.50. The number of aryl methyl sites for hydroxylation is 1. The molecule has 1 aliphatic rings. The summed E-state index contributed by atoms with van der Waals surface area (Å²) in [6.07, 6.45) is -1.59. The van der Waals surface area contributed by atoms with Crippen LogP contribution >= 0.6 is 0 Å². The van der Waals surface area contributed by atoms with Crippen LogP contribution < -0.4 is 4.74 Å². The summed E-state index contributed by atoms with van der Waals surface area (Å²) < 4.78 is 31.1. The highest BCUT2D eigenvalue weighted by molar-refractivity contribution is 5.69. The molecule has 6 heteroatoms. The molecule has 1 aliphatic heterocycles. The zero-order valence-electron chi connectivity index (χ0n) is 19.2. The molecule has 0 spiro atoms. The Morgan fingerprint density at radius 2 is 1.91 bits per heavy atom. The zero-order chi connectivity index (χ0) is 23.5. The Bertz CT molecular complexity index is 942. The predicted molar refractivity (Wildman–Crippen MR) is 122 cm³/mol. The van der Waals surface area contributed by atoms with Gasteiger partial charge in [0.2, 0.25) is 6.29 Å². The molecule has 0 saturated carbocycles. The minimum atomic E-state index is -1.29. The van der Waals surface area contributed by atoms with Crippen LogP contribution in [0.15, 0.2) is 54.6 Å². The van der Waals surface area contributed by atoms with Crippen molar-refractivity contribution in [2.45, 2.75) is 70.2 Å². The first-order chi connectivity index (χ1) is 15.1. The van der Waals surface area contributed by atoms with Gasteiger partial charge in [-0.05, 0) is 81.0 Å². The van der Waals surface area contributed by atoms with Gasteiger partial charge in [-0.2, -0.15) is 0 Å². The summed E-state index contributed by atoms with van der Waals surface area (Å²) in [7, 11) is 1.46. The normalized spacial score (nSPS) is 24.8. The quantitative estimate of drug-likeness (QED) is 0.581. The summed E-state index contributed by atoms with van der Waals surface area (Å²) in [4.78, 5) is 0. The number of ether oxygens (including phenoxy) is 3. The maximum atomic E-state index is 13.9. The second kappa shape index (κ2) is 10.1. The van der Waals surface area contributed by atoms with Crippen molar-refractivity contribution in [3.8, 4) is 16.9 Å². The first kappa shape index (κ1) is 24.4. The van der Waals surface area contributed by atoms with Gasteiger partial charge in [0.1, 0.15) is 29.9 Å². The molecule has 1 heterocycles. The van der Waals surface area contributed by atoms with Crippen molar-refractivity contribution in [3.05, 3.63) is 66.0 Å². The van der Waals surface area contributed by atoms with Crippen molar-refractivity contribution in [2.75, 3.05) is 7.11 Å². The molecule has 0 radical (unpaired) electrons. The molecule has 5 nitrogen and oxygen atoms in total. The number of aliphatic hydroxyl groups is 2. The van der Waals surface area contributed by atoms with E-state index in [1.54, 1.807) is 26.0 Å². The number of hydrogen-bond acceptors (Lipinski definition) is 5. The van der Waals surface area contributed by atoms with Crippen LogP contribution in [0.25, 0.3) is 11.1 Å². The zero-order valence-corrected chi connectivity index (χ0v) is 19.2. The van der Waals surface area contributed by atoms with E-state index in [0.29, 0.717) is 5.75 Å². The topological polar surface area (TPSA) is 68.2 Å². The van der Waals surface area contributed by atoms with Gasteiger partial charge in [-0.25, -0.2) is 4.39 Å². The van der Waals surface area contributed by atoms with Crippen LogP contribution in [-0.2, 0) is 15.9 Å². The van der Waals surface area contributed by atoms with Gasteiger partial charge in [0, 0.05) is 7.11 Å². The van der Waals surface area contributed by atoms with E-state index in [1.807, 2.05) is 25.1 Å². The van der Waals surface area contributed by atoms with Gasteiger partial charge in [0.25, 0.3) is 0 Å². The van der Waals surface area contributed by atoms with Gasteiger partial charge in [0.15, 0.2) is 0 Å². The monoisotopic (exact) mass is 444 g/mol. The fourth-order valence-corrected chi connectivity index (χ4v) is 4.19. The van der Waals surface area contributed by atoms with Crippen LogP contribution in [0.1, 0.15) is 39.2 Å². The third kappa shape index (κ3) is 5.56. The van der Waals surface area contributed by atoms with E-state index in [0.717, 1.165) is 41.5 Å². The molecule has 2 N–H and O–H groups in total. The van der Waals surface area contributed by atoms with E-state index in [4.69, 9.17) is 14.2 Å². The van der Waals surface area contributed by atoms with Crippen molar-refractivity contribution in [1.29, 1.82) is 0 Å². The van der Waals surface area contributed by atoms with Crippen molar-refractivity contribution in [3.63, 3.8) is 0 Å². The van der Waals surface area contributed by atoms with Crippen molar-refractivity contribution in [1.82, 2.24) is 0 Å². The lowest BCUT2D eigenvalue weighted by atomic mass is 9.89. The SMILES string of the molecule is C=C(C)CCCc1ccc(OC2OC(C)(C)[C@H](OC)[C@@H](O)[C@H]2O)cc1-c1cccc(F)c1. The number of rotatable bonds is 8. The van der Waals surface area contributed by atoms with Crippen molar-refractivity contribution < 1.29 is 28.8 Å². The number of methoxy groups -OCH3 is 1. The van der Waals surface area contributed by atoms with Crippen LogP contribution in [0.5, 0.6) is 5.75 Å². The summed E-state index contributed by atoms with van der Waals surface area (Å²) in [5, 5.41) is 21.0. The number of aliphatic hydroxyl groups excluding tert-OH is 2. The highest BCUT2D eigenvalue weighted by atomic mass is 19.1. The van der Waals surface area contributed by atoms with Crippen LogP contribution in [0.2, 0.25) is 0 Å². The lowest BCUT2D eigenvalue weighted by molar-refractivity contribution is -0.305. The molecule has 2 aromatic rings. The number of allylic oxidation sites excluding steroid dienone is 1. The summed E-state index contributed by atoms with van der Waals surface area (Å²) in [6, 6.07) is 12.0. The molecule has 0 amide bonds. The van der Waals surface area contributed by atoms with E-state index in [2.05, 4.69) is 6.58 Å². The summed E-state index contributed by atoms with van der Waals surface area (Å²) >= 11 is 0. The first-order valence-electron chi connectivity index (χ1n) is 10.9. The molecule has 1 saturated heterocycles. The third-order valence-electron chi connectivity index (χ3n) is 5.82. The third-order valence-corrected chi connectivity index (χ3v) is 5.82. The van der Waals surface area contributed by atoms with Gasteiger partial charge in [-0.15, -0.1) is 6.58 Å². The van der Waals surface area contributed by atoms with Gasteiger partial charge in [-0.1, -0.05) is 23.8 Å². The second-order valence-corrected chi connectivity index (χ2v) is 8.98. The van der Waals surface area contributed by atoms with Crippen LogP contribution in [0.4, 0.5) is 4.39 Å². The molecule has 0 aromatic heterocycles. The molecular weight excluding hydrogens is 411 g/mol. The van der Waals surface area contributed by atoms with Crippen molar-refractivity contribution in [2.24, 2.45) is 0 Å². The van der Waals surface area contributed by atoms with E-state index in [1.165, 1.54) is 19.2 Å². The van der Waals surface area contributed by atoms with E-state index in [-0.39, 0.29) is 5.82 Å². The second-order valence-electron chi connectivity index (χ2n) is 8.98. The number of benzene rings is 2. The van der Waals surface area contributed by atoms with Gasteiger partial charge in [0.05, 0.1) is 5.60 Å². The van der Waals surface area contributed by atoms with E-state index >= 15 is 0 Å². The highest BCUT2D eigenvalue weighted by Crippen LogP contribution is 2.35. The van der Waals surface area contributed by atoms with Crippen LogP contribution in [-0.4, -0.2) is 47.5 Å². The average Bonchev–Trinajstić information content (AvgIpc) is 2.72.